The second-order valence-corrected chi connectivity index (χ2v) is 10.6. The highest BCUT2D eigenvalue weighted by atomic mass is 16.8. The first-order chi connectivity index (χ1) is 21.3. The molecule has 0 unspecified atom stereocenters. The Bertz CT molecular complexity index is 795. The zero-order valence-electron chi connectivity index (χ0n) is 27.4. The fourth-order valence-electron chi connectivity index (χ4n) is 6.26. The maximum absolute atomic E-state index is 10.8. The predicted molar refractivity (Wildman–Crippen MR) is 149 cm³/mol. The highest BCUT2D eigenvalue weighted by molar-refractivity contribution is 4.98. The van der Waals surface area contributed by atoms with Gasteiger partial charge >= 0.3 is 0 Å². The molecule has 0 amide bonds. The summed E-state index contributed by atoms with van der Waals surface area (Å²) in [6.07, 6.45) is -11.9. The zero-order chi connectivity index (χ0) is 32.4. The van der Waals surface area contributed by atoms with Crippen LogP contribution in [0, 0.1) is 0 Å². The van der Waals surface area contributed by atoms with Crippen molar-refractivity contribution in [3.63, 3.8) is 0 Å². The van der Waals surface area contributed by atoms with Gasteiger partial charge in [0.1, 0.15) is 73.2 Å². The molecule has 44 heavy (non-hydrogen) atoms. The van der Waals surface area contributed by atoms with E-state index in [1.807, 2.05) is 0 Å². The molecule has 0 aromatic rings. The van der Waals surface area contributed by atoms with Gasteiger partial charge in [-0.1, -0.05) is 0 Å². The minimum atomic E-state index is -1.33. The van der Waals surface area contributed by atoms with E-state index < -0.39 is 92.1 Å². The maximum Gasteiger partial charge on any atom is 0.187 e. The minimum absolute atomic E-state index is 0.136. The molecule has 3 rings (SSSR count). The Kier molecular flexibility index (Phi) is 16.0. The summed E-state index contributed by atoms with van der Waals surface area (Å²) in [6, 6.07) is 0. The standard InChI is InChI=1S/C28H52O16/c1-30-11-14-18(34-5)21(23(37-8)26(29)40-14)43-28-25(39-10)22(19(35-6)16(42-28)13-32-3)44-27-24(38-9)20(36-7)17(33-4)15(41-27)12-31-2/h14-29H,11-13H2,1-10H3/t14-,15-,16-,17-,18-,19-,20+,21+,22+,23-,24-,25-,26-,27+,28+/m1/s1. The van der Waals surface area contributed by atoms with Crippen LogP contribution in [0.2, 0.25) is 0 Å². The third-order valence-corrected chi connectivity index (χ3v) is 8.27. The molecule has 15 atom stereocenters. The summed E-state index contributed by atoms with van der Waals surface area (Å²) in [7, 11) is 15.3. The Morgan fingerprint density at radius 1 is 0.386 bits per heavy atom. The van der Waals surface area contributed by atoms with Crippen LogP contribution in [0.5, 0.6) is 0 Å². The lowest BCUT2D eigenvalue weighted by Gasteiger charge is -2.51. The molecule has 0 radical (unpaired) electrons. The number of aliphatic hydroxyl groups excluding tert-OH is 1. The van der Waals surface area contributed by atoms with E-state index >= 15 is 0 Å². The van der Waals surface area contributed by atoms with Crippen molar-refractivity contribution in [2.75, 3.05) is 90.9 Å². The first-order valence-corrected chi connectivity index (χ1v) is 14.4. The molecule has 3 fully saturated rings. The van der Waals surface area contributed by atoms with Gasteiger partial charge < -0.3 is 76.2 Å². The Morgan fingerprint density at radius 3 is 1.07 bits per heavy atom. The summed E-state index contributed by atoms with van der Waals surface area (Å²) in [5, 5.41) is 10.8. The zero-order valence-corrected chi connectivity index (χ0v) is 27.4. The molecule has 0 saturated carbocycles. The Morgan fingerprint density at radius 2 is 0.705 bits per heavy atom. The number of hydrogen-bond acceptors (Lipinski definition) is 16. The Balaban J connectivity index is 1.98. The lowest BCUT2D eigenvalue weighted by Crippen LogP contribution is -2.68. The van der Waals surface area contributed by atoms with Crippen molar-refractivity contribution in [1.82, 2.24) is 0 Å². The van der Waals surface area contributed by atoms with E-state index in [-0.39, 0.29) is 19.8 Å². The van der Waals surface area contributed by atoms with Crippen molar-refractivity contribution in [2.24, 2.45) is 0 Å². The molecule has 3 aliphatic rings. The van der Waals surface area contributed by atoms with Gasteiger partial charge in [0.2, 0.25) is 0 Å². The molecule has 16 heteroatoms. The van der Waals surface area contributed by atoms with Crippen LogP contribution in [0.3, 0.4) is 0 Å². The molecule has 0 bridgehead atoms. The van der Waals surface area contributed by atoms with Gasteiger partial charge in [-0.25, -0.2) is 0 Å². The van der Waals surface area contributed by atoms with E-state index in [0.29, 0.717) is 0 Å². The largest absolute Gasteiger partial charge is 0.382 e. The van der Waals surface area contributed by atoms with Crippen LogP contribution >= 0.6 is 0 Å². The first-order valence-electron chi connectivity index (χ1n) is 14.4. The SMILES string of the molecule is COC[C@H]1O[C@@H](O)[C@H](OC)[C@@H](O[C@@H]2O[C@H](COC)[C@@H](OC)[C@H](O[C@@H]3O[C@H](COC)[C@@H](OC)[C@H](OC)[C@H]3OC)[C@H]2OC)[C@@H]1OC. The first kappa shape index (κ1) is 37.8. The molecule has 1 N–H and O–H groups in total. The smallest absolute Gasteiger partial charge is 0.187 e. The van der Waals surface area contributed by atoms with Gasteiger partial charge in [-0.3, -0.25) is 0 Å². The second kappa shape index (κ2) is 18.6. The monoisotopic (exact) mass is 644 g/mol. The van der Waals surface area contributed by atoms with Crippen molar-refractivity contribution < 1.29 is 76.2 Å². The summed E-state index contributed by atoms with van der Waals surface area (Å²) < 4.78 is 88.4. The molecular weight excluding hydrogens is 592 g/mol. The van der Waals surface area contributed by atoms with Crippen LogP contribution in [-0.4, -0.2) is 188 Å². The maximum atomic E-state index is 10.8. The molecule has 3 aliphatic heterocycles. The van der Waals surface area contributed by atoms with Gasteiger partial charge in [0.15, 0.2) is 18.9 Å². The fourth-order valence-corrected chi connectivity index (χ4v) is 6.26. The molecule has 0 aliphatic carbocycles. The van der Waals surface area contributed by atoms with E-state index in [1.165, 1.54) is 42.7 Å². The van der Waals surface area contributed by atoms with Gasteiger partial charge in [0.05, 0.1) is 19.8 Å². The van der Waals surface area contributed by atoms with Crippen molar-refractivity contribution in [3.05, 3.63) is 0 Å². The van der Waals surface area contributed by atoms with Crippen molar-refractivity contribution in [3.8, 4) is 0 Å². The second-order valence-electron chi connectivity index (χ2n) is 10.6. The topological polar surface area (TPSA) is 159 Å². The number of ether oxygens (including phenoxy) is 15. The van der Waals surface area contributed by atoms with E-state index in [1.54, 1.807) is 28.4 Å². The molecule has 3 heterocycles. The van der Waals surface area contributed by atoms with Crippen molar-refractivity contribution in [1.29, 1.82) is 0 Å². The van der Waals surface area contributed by atoms with Crippen LogP contribution < -0.4 is 0 Å². The van der Waals surface area contributed by atoms with Gasteiger partial charge in [0.25, 0.3) is 0 Å². The molecular formula is C28H52O16. The fraction of sp³-hybridized carbons (Fsp3) is 1.00. The van der Waals surface area contributed by atoms with E-state index in [2.05, 4.69) is 0 Å². The van der Waals surface area contributed by atoms with Crippen LogP contribution in [0.15, 0.2) is 0 Å². The van der Waals surface area contributed by atoms with Crippen LogP contribution in [0.4, 0.5) is 0 Å². The summed E-state index contributed by atoms with van der Waals surface area (Å²) in [4.78, 5) is 0. The molecule has 16 nitrogen and oxygen atoms in total. The number of rotatable bonds is 17. The van der Waals surface area contributed by atoms with Crippen molar-refractivity contribution >= 4 is 0 Å². The van der Waals surface area contributed by atoms with E-state index in [0.717, 1.165) is 0 Å². The number of hydrogen-bond donors (Lipinski definition) is 1. The van der Waals surface area contributed by atoms with Gasteiger partial charge in [-0.05, 0) is 0 Å². The summed E-state index contributed by atoms with van der Waals surface area (Å²) >= 11 is 0. The quantitative estimate of drug-likeness (QED) is 0.205. The Hall–Kier alpha value is -0.640. The Labute approximate surface area is 259 Å². The van der Waals surface area contributed by atoms with Crippen LogP contribution in [-0.2, 0) is 71.1 Å². The lowest BCUT2D eigenvalue weighted by atomic mass is 9.95. The lowest BCUT2D eigenvalue weighted by molar-refractivity contribution is -0.386. The molecule has 260 valence electrons. The minimum Gasteiger partial charge on any atom is -0.382 e. The highest BCUT2D eigenvalue weighted by Crippen LogP contribution is 2.36. The third-order valence-electron chi connectivity index (χ3n) is 8.27. The highest BCUT2D eigenvalue weighted by Gasteiger charge is 2.56. The third kappa shape index (κ3) is 8.25. The molecule has 0 aromatic heterocycles. The normalized spacial score (nSPS) is 43.3. The summed E-state index contributed by atoms with van der Waals surface area (Å²) in [5.74, 6) is 0. The molecule has 3 saturated heterocycles. The number of methoxy groups -OCH3 is 10. The molecule has 0 aromatic carbocycles. The summed E-state index contributed by atoms with van der Waals surface area (Å²) in [5.41, 5.74) is 0. The predicted octanol–water partition coefficient (Wildman–Crippen LogP) is -1.03. The average molecular weight is 645 g/mol. The average Bonchev–Trinajstić information content (AvgIpc) is 3.01. The van der Waals surface area contributed by atoms with Crippen LogP contribution in [0.1, 0.15) is 0 Å². The van der Waals surface area contributed by atoms with E-state index in [9.17, 15) is 5.11 Å². The van der Waals surface area contributed by atoms with E-state index in [4.69, 9.17) is 71.1 Å². The molecule has 0 spiro atoms. The van der Waals surface area contributed by atoms with Crippen LogP contribution in [0.25, 0.3) is 0 Å². The summed E-state index contributed by atoms with van der Waals surface area (Å²) in [6.45, 7) is 0.488. The van der Waals surface area contributed by atoms with Crippen molar-refractivity contribution in [2.45, 2.75) is 92.1 Å². The van der Waals surface area contributed by atoms with Gasteiger partial charge in [-0.15, -0.1) is 0 Å². The van der Waals surface area contributed by atoms with Gasteiger partial charge in [0, 0.05) is 71.1 Å². The number of aliphatic hydroxyl groups is 1. The van der Waals surface area contributed by atoms with Gasteiger partial charge in [-0.2, -0.15) is 0 Å².